The topological polar surface area (TPSA) is 98.6 Å². The summed E-state index contributed by atoms with van der Waals surface area (Å²) in [4.78, 5) is 36.6. The number of hydrogen-bond acceptors (Lipinski definition) is 6. The molecule has 1 aromatic carbocycles. The van der Waals surface area contributed by atoms with Crippen LogP contribution in [-0.4, -0.2) is 63.7 Å². The molecule has 0 unspecified atom stereocenters. The number of imidazole rings is 1. The number of fused-ring (bicyclic) bond motifs is 1. The molecule has 2 fully saturated rings. The normalized spacial score (nSPS) is 18.7. The summed E-state index contributed by atoms with van der Waals surface area (Å²) in [5, 5.41) is 3.43. The summed E-state index contributed by atoms with van der Waals surface area (Å²) in [5.41, 5.74) is 2.54. The molecular formula is C28H32ClN5O4. The number of halogens is 1. The van der Waals surface area contributed by atoms with Crippen molar-refractivity contribution in [3.8, 4) is 5.75 Å². The highest BCUT2D eigenvalue weighted by Crippen LogP contribution is 2.39. The Morgan fingerprint density at radius 1 is 1.21 bits per heavy atom. The highest BCUT2D eigenvalue weighted by molar-refractivity contribution is 6.36. The first-order valence-electron chi connectivity index (χ1n) is 13.0. The summed E-state index contributed by atoms with van der Waals surface area (Å²) in [5.74, 6) is 0.535. The molecule has 4 heterocycles. The van der Waals surface area contributed by atoms with Gasteiger partial charge in [0.25, 0.3) is 5.91 Å². The van der Waals surface area contributed by atoms with E-state index in [0.29, 0.717) is 59.6 Å². The number of rotatable bonds is 6. The van der Waals surface area contributed by atoms with Crippen LogP contribution in [0.1, 0.15) is 54.2 Å². The summed E-state index contributed by atoms with van der Waals surface area (Å²) in [6.07, 6.45) is 7.14. The largest absolute Gasteiger partial charge is 0.489 e. The fraction of sp³-hybridized carbons (Fsp3) is 0.429. The van der Waals surface area contributed by atoms with E-state index in [9.17, 15) is 9.59 Å². The van der Waals surface area contributed by atoms with E-state index in [1.807, 2.05) is 23.6 Å². The summed E-state index contributed by atoms with van der Waals surface area (Å²) in [6, 6.07) is 6.93. The van der Waals surface area contributed by atoms with Crippen LogP contribution in [0.2, 0.25) is 5.02 Å². The molecule has 2 aliphatic rings. The van der Waals surface area contributed by atoms with Crippen LogP contribution in [0.3, 0.4) is 0 Å². The van der Waals surface area contributed by atoms with Crippen molar-refractivity contribution in [1.29, 1.82) is 0 Å². The number of amides is 2. The van der Waals surface area contributed by atoms with E-state index in [1.165, 1.54) is 6.08 Å². The smallest absolute Gasteiger partial charge is 0.258 e. The van der Waals surface area contributed by atoms with Gasteiger partial charge in [-0.05, 0) is 56.5 Å². The molecule has 2 saturated heterocycles. The van der Waals surface area contributed by atoms with Crippen molar-refractivity contribution in [2.75, 3.05) is 31.6 Å². The monoisotopic (exact) mass is 537 g/mol. The van der Waals surface area contributed by atoms with Crippen LogP contribution in [0.15, 0.2) is 43.1 Å². The van der Waals surface area contributed by atoms with E-state index in [2.05, 4.69) is 16.9 Å². The number of carbonyl (C=O) groups is 2. The molecule has 0 radical (unpaired) electrons. The summed E-state index contributed by atoms with van der Waals surface area (Å²) < 4.78 is 13.7. The number of benzene rings is 1. The molecular weight excluding hydrogens is 506 g/mol. The minimum absolute atomic E-state index is 0.0164. The number of ether oxygens (including phenoxy) is 2. The van der Waals surface area contributed by atoms with Gasteiger partial charge in [-0.1, -0.05) is 18.2 Å². The molecule has 2 aromatic heterocycles. The Kier molecular flexibility index (Phi) is 7.95. The number of hydrogen-bond donors (Lipinski definition) is 1. The molecule has 0 spiro atoms. The number of pyridine rings is 1. The van der Waals surface area contributed by atoms with Crippen LogP contribution in [0, 0.1) is 6.92 Å². The Hall–Kier alpha value is -3.43. The molecule has 0 bridgehead atoms. The van der Waals surface area contributed by atoms with Gasteiger partial charge in [-0.25, -0.2) is 4.98 Å². The zero-order valence-electron chi connectivity index (χ0n) is 21.5. The Morgan fingerprint density at radius 3 is 2.79 bits per heavy atom. The van der Waals surface area contributed by atoms with Gasteiger partial charge in [0, 0.05) is 43.4 Å². The number of aryl methyl sites for hydroxylation is 1. The van der Waals surface area contributed by atoms with Crippen LogP contribution in [-0.2, 0) is 9.53 Å². The molecule has 10 heteroatoms. The fourth-order valence-electron chi connectivity index (χ4n) is 5.16. The van der Waals surface area contributed by atoms with Crippen molar-refractivity contribution in [1.82, 2.24) is 19.4 Å². The molecule has 2 amide bonds. The minimum Gasteiger partial charge on any atom is -0.489 e. The molecule has 200 valence electrons. The van der Waals surface area contributed by atoms with Gasteiger partial charge < -0.3 is 18.9 Å². The van der Waals surface area contributed by atoms with Gasteiger partial charge in [0.2, 0.25) is 11.9 Å². The van der Waals surface area contributed by atoms with Gasteiger partial charge in [0.05, 0.1) is 30.3 Å². The Bertz CT molecular complexity index is 1350. The lowest BCUT2D eigenvalue weighted by Gasteiger charge is -2.27. The Balaban J connectivity index is 1.57. The minimum atomic E-state index is -0.297. The van der Waals surface area contributed by atoms with E-state index >= 15 is 0 Å². The molecule has 0 saturated carbocycles. The van der Waals surface area contributed by atoms with Crippen molar-refractivity contribution >= 4 is 40.4 Å². The number of carbonyl (C=O) groups excluding carboxylic acids is 2. The maximum Gasteiger partial charge on any atom is 0.258 e. The van der Waals surface area contributed by atoms with Crippen molar-refractivity contribution in [3.05, 3.63) is 59.4 Å². The summed E-state index contributed by atoms with van der Waals surface area (Å²) in [6.45, 7) is 7.91. The molecule has 1 atom stereocenters. The third-order valence-electron chi connectivity index (χ3n) is 7.10. The van der Waals surface area contributed by atoms with Gasteiger partial charge >= 0.3 is 0 Å². The lowest BCUT2D eigenvalue weighted by Crippen LogP contribution is -2.34. The number of likely N-dealkylation sites (tertiary alicyclic amines) is 1. The number of nitrogens with zero attached hydrogens (tertiary/aromatic N) is 4. The van der Waals surface area contributed by atoms with Crippen LogP contribution < -0.4 is 10.1 Å². The second-order valence-corrected chi connectivity index (χ2v) is 10.1. The molecule has 38 heavy (non-hydrogen) atoms. The van der Waals surface area contributed by atoms with E-state index in [4.69, 9.17) is 26.1 Å². The Morgan fingerprint density at radius 2 is 2.03 bits per heavy atom. The first-order chi connectivity index (χ1) is 18.4. The predicted molar refractivity (Wildman–Crippen MR) is 146 cm³/mol. The molecule has 2 aliphatic heterocycles. The average molecular weight is 538 g/mol. The second kappa shape index (κ2) is 11.5. The number of anilines is 1. The Labute approximate surface area is 226 Å². The molecule has 0 aliphatic carbocycles. The summed E-state index contributed by atoms with van der Waals surface area (Å²) in [7, 11) is 0. The first-order valence-corrected chi connectivity index (χ1v) is 13.4. The quantitative estimate of drug-likeness (QED) is 0.447. The molecule has 5 rings (SSSR count). The van der Waals surface area contributed by atoms with Gasteiger partial charge in [0.1, 0.15) is 16.9 Å². The lowest BCUT2D eigenvalue weighted by molar-refractivity contribution is -0.126. The van der Waals surface area contributed by atoms with Crippen molar-refractivity contribution < 1.29 is 19.1 Å². The zero-order chi connectivity index (χ0) is 26.6. The average Bonchev–Trinajstić information content (AvgIpc) is 3.11. The standard InChI is InChI=1S/C28H32ClN5O4/c1-3-24(35)33-13-5-4-6-20(17-33)34-26-22(7-8-23(25(26)29)38-21-10-14-37-15-11-21)31-28(34)32-27(36)19-9-12-30-18(2)16-19/h3,7-9,12,16,20-21H,1,4-6,10-11,13-15,17H2,2H3,(H,31,32,36)/t20-/m1/s1. The molecule has 9 nitrogen and oxygen atoms in total. The highest BCUT2D eigenvalue weighted by Gasteiger charge is 2.29. The number of nitrogens with one attached hydrogen (secondary N) is 1. The van der Waals surface area contributed by atoms with Gasteiger partial charge in [-0.15, -0.1) is 0 Å². The van der Waals surface area contributed by atoms with Crippen molar-refractivity contribution in [2.45, 2.75) is 51.2 Å². The maximum atomic E-state index is 13.2. The highest BCUT2D eigenvalue weighted by atomic mass is 35.5. The first kappa shape index (κ1) is 26.2. The lowest BCUT2D eigenvalue weighted by atomic mass is 10.1. The van der Waals surface area contributed by atoms with E-state index in [0.717, 1.165) is 37.8 Å². The SMILES string of the molecule is C=CC(=O)N1CCCC[C@@H](n2c(NC(=O)c3ccnc(C)c3)nc3ccc(OC4CCOCC4)c(Cl)c32)C1. The van der Waals surface area contributed by atoms with Gasteiger partial charge in [-0.2, -0.15) is 0 Å². The fourth-order valence-corrected chi connectivity index (χ4v) is 5.45. The van der Waals surface area contributed by atoms with E-state index in [1.54, 1.807) is 23.2 Å². The maximum absolute atomic E-state index is 13.2. The van der Waals surface area contributed by atoms with Crippen LogP contribution in [0.4, 0.5) is 5.95 Å². The zero-order valence-corrected chi connectivity index (χ0v) is 22.2. The van der Waals surface area contributed by atoms with E-state index in [-0.39, 0.29) is 24.0 Å². The van der Waals surface area contributed by atoms with Gasteiger partial charge in [-0.3, -0.25) is 19.9 Å². The van der Waals surface area contributed by atoms with Crippen molar-refractivity contribution in [3.63, 3.8) is 0 Å². The van der Waals surface area contributed by atoms with Gasteiger partial charge in [0.15, 0.2) is 0 Å². The third-order valence-corrected chi connectivity index (χ3v) is 7.46. The van der Waals surface area contributed by atoms with E-state index < -0.39 is 0 Å². The molecule has 3 aromatic rings. The van der Waals surface area contributed by atoms with Crippen LogP contribution in [0.5, 0.6) is 5.75 Å². The number of aromatic nitrogens is 3. The van der Waals surface area contributed by atoms with Crippen molar-refractivity contribution in [2.24, 2.45) is 0 Å². The predicted octanol–water partition coefficient (Wildman–Crippen LogP) is 4.94. The second-order valence-electron chi connectivity index (χ2n) is 9.76. The third kappa shape index (κ3) is 5.54. The van der Waals surface area contributed by atoms with Crippen LogP contribution in [0.25, 0.3) is 11.0 Å². The van der Waals surface area contributed by atoms with Crippen LogP contribution >= 0.6 is 11.6 Å². The molecule has 1 N–H and O–H groups in total. The summed E-state index contributed by atoms with van der Waals surface area (Å²) >= 11 is 7.01.